The topological polar surface area (TPSA) is 50.1 Å². The number of methoxy groups -OCH3 is 1. The first kappa shape index (κ1) is 17.4. The van der Waals surface area contributed by atoms with Gasteiger partial charge in [-0.15, -0.1) is 0 Å². The highest BCUT2D eigenvalue weighted by atomic mass is 16.5. The monoisotopic (exact) mass is 364 g/mol. The van der Waals surface area contributed by atoms with E-state index in [1.165, 1.54) is 0 Å². The number of aryl methyl sites for hydroxylation is 2. The van der Waals surface area contributed by atoms with Crippen molar-refractivity contribution in [2.24, 2.45) is 0 Å². The Kier molecular flexibility index (Phi) is 4.48. The molecule has 1 aromatic carbocycles. The third kappa shape index (κ3) is 3.23. The highest BCUT2D eigenvalue weighted by Gasteiger charge is 2.26. The van der Waals surface area contributed by atoms with Crippen molar-refractivity contribution in [3.05, 3.63) is 59.5 Å². The Bertz CT molecular complexity index is 970. The molecule has 0 spiro atoms. The highest BCUT2D eigenvalue weighted by Crippen LogP contribution is 2.22. The lowest BCUT2D eigenvalue weighted by atomic mass is 10.2. The fraction of sp³-hybridized carbons (Fsp3) is 0.333. The molecule has 3 heterocycles. The minimum Gasteiger partial charge on any atom is -0.497 e. The summed E-state index contributed by atoms with van der Waals surface area (Å²) in [7, 11) is 1.67. The van der Waals surface area contributed by atoms with Gasteiger partial charge in [-0.1, -0.05) is 6.07 Å². The van der Waals surface area contributed by atoms with Gasteiger partial charge in [-0.3, -0.25) is 9.20 Å². The molecule has 0 N–H and O–H groups in total. The van der Waals surface area contributed by atoms with Crippen LogP contribution in [0.1, 0.15) is 21.7 Å². The second-order valence-electron chi connectivity index (χ2n) is 6.96. The van der Waals surface area contributed by atoms with E-state index < -0.39 is 0 Å². The fourth-order valence-electron chi connectivity index (χ4n) is 3.64. The summed E-state index contributed by atoms with van der Waals surface area (Å²) in [6, 6.07) is 12.0. The van der Waals surface area contributed by atoms with Crippen molar-refractivity contribution in [2.75, 3.05) is 38.2 Å². The second kappa shape index (κ2) is 6.95. The van der Waals surface area contributed by atoms with Gasteiger partial charge in [-0.2, -0.15) is 0 Å². The molecule has 4 rings (SSSR count). The summed E-state index contributed by atoms with van der Waals surface area (Å²) in [6.45, 7) is 6.95. The van der Waals surface area contributed by atoms with E-state index in [1.54, 1.807) is 7.11 Å². The van der Waals surface area contributed by atoms with E-state index in [2.05, 4.69) is 22.0 Å². The van der Waals surface area contributed by atoms with E-state index in [-0.39, 0.29) is 5.91 Å². The summed E-state index contributed by atoms with van der Waals surface area (Å²) >= 11 is 0. The first-order valence-electron chi connectivity index (χ1n) is 9.20. The zero-order valence-electron chi connectivity index (χ0n) is 16.0. The number of benzene rings is 1. The zero-order chi connectivity index (χ0) is 19.0. The Labute approximate surface area is 159 Å². The van der Waals surface area contributed by atoms with E-state index in [0.29, 0.717) is 18.8 Å². The van der Waals surface area contributed by atoms with Crippen LogP contribution in [-0.4, -0.2) is 53.5 Å². The zero-order valence-corrected chi connectivity index (χ0v) is 16.0. The van der Waals surface area contributed by atoms with Crippen LogP contribution in [0.15, 0.2) is 42.6 Å². The molecule has 0 aliphatic carbocycles. The number of hydrogen-bond donors (Lipinski definition) is 0. The molecule has 6 heteroatoms. The molecule has 0 bridgehead atoms. The number of rotatable bonds is 3. The molecular weight excluding hydrogens is 340 g/mol. The SMILES string of the molecule is COc1ccc(N2CCN(C(=O)c3c(C)nc4ccc(C)cn34)CC2)cc1. The van der Waals surface area contributed by atoms with Crippen LogP contribution >= 0.6 is 0 Å². The number of fused-ring (bicyclic) bond motifs is 1. The number of imidazole rings is 1. The maximum atomic E-state index is 13.2. The number of nitrogens with zero attached hydrogens (tertiary/aromatic N) is 4. The molecule has 0 atom stereocenters. The van der Waals surface area contributed by atoms with Crippen LogP contribution in [0.3, 0.4) is 0 Å². The van der Waals surface area contributed by atoms with Gasteiger partial charge in [-0.25, -0.2) is 4.98 Å². The molecule has 1 fully saturated rings. The van der Waals surface area contributed by atoms with Crippen LogP contribution in [0, 0.1) is 13.8 Å². The summed E-state index contributed by atoms with van der Waals surface area (Å²) in [5.74, 6) is 0.908. The van der Waals surface area contributed by atoms with E-state index in [1.807, 2.05) is 53.6 Å². The number of anilines is 1. The van der Waals surface area contributed by atoms with Crippen LogP contribution in [0.5, 0.6) is 5.75 Å². The average Bonchev–Trinajstić information content (AvgIpc) is 3.02. The van der Waals surface area contributed by atoms with Crippen molar-refractivity contribution in [2.45, 2.75) is 13.8 Å². The van der Waals surface area contributed by atoms with Crippen LogP contribution in [0.4, 0.5) is 5.69 Å². The minimum absolute atomic E-state index is 0.0555. The fourth-order valence-corrected chi connectivity index (χ4v) is 3.64. The predicted molar refractivity (Wildman–Crippen MR) is 106 cm³/mol. The molecule has 1 aliphatic rings. The molecule has 0 unspecified atom stereocenters. The molecule has 2 aromatic heterocycles. The van der Waals surface area contributed by atoms with Gasteiger partial charge < -0.3 is 14.5 Å². The number of hydrogen-bond acceptors (Lipinski definition) is 4. The second-order valence-corrected chi connectivity index (χ2v) is 6.96. The van der Waals surface area contributed by atoms with Gasteiger partial charge in [-0.05, 0) is 49.7 Å². The Morgan fingerprint density at radius 3 is 2.37 bits per heavy atom. The van der Waals surface area contributed by atoms with Gasteiger partial charge in [0.1, 0.15) is 17.1 Å². The Hall–Kier alpha value is -3.02. The Morgan fingerprint density at radius 2 is 1.70 bits per heavy atom. The third-order valence-electron chi connectivity index (χ3n) is 5.15. The molecule has 1 saturated heterocycles. The quantitative estimate of drug-likeness (QED) is 0.717. The van der Waals surface area contributed by atoms with Crippen molar-refractivity contribution in [1.82, 2.24) is 14.3 Å². The first-order chi connectivity index (χ1) is 13.1. The number of piperazine rings is 1. The molecular formula is C21H24N4O2. The molecule has 140 valence electrons. The summed E-state index contributed by atoms with van der Waals surface area (Å²) < 4.78 is 7.14. The lowest BCUT2D eigenvalue weighted by Gasteiger charge is -2.36. The summed E-state index contributed by atoms with van der Waals surface area (Å²) in [6.07, 6.45) is 1.98. The van der Waals surface area contributed by atoms with Crippen molar-refractivity contribution in [1.29, 1.82) is 0 Å². The van der Waals surface area contributed by atoms with Crippen molar-refractivity contribution in [3.63, 3.8) is 0 Å². The van der Waals surface area contributed by atoms with Crippen molar-refractivity contribution in [3.8, 4) is 5.75 Å². The van der Waals surface area contributed by atoms with Gasteiger partial charge in [0.05, 0.1) is 12.8 Å². The Balaban J connectivity index is 1.50. The summed E-state index contributed by atoms with van der Waals surface area (Å²) in [4.78, 5) is 21.9. The van der Waals surface area contributed by atoms with Crippen LogP contribution in [0.25, 0.3) is 5.65 Å². The lowest BCUT2D eigenvalue weighted by Crippen LogP contribution is -2.49. The molecule has 6 nitrogen and oxygen atoms in total. The highest BCUT2D eigenvalue weighted by molar-refractivity contribution is 5.95. The molecule has 0 radical (unpaired) electrons. The minimum atomic E-state index is 0.0555. The van der Waals surface area contributed by atoms with Gasteiger partial charge >= 0.3 is 0 Å². The van der Waals surface area contributed by atoms with Crippen molar-refractivity contribution >= 4 is 17.2 Å². The third-order valence-corrected chi connectivity index (χ3v) is 5.15. The van der Waals surface area contributed by atoms with E-state index in [0.717, 1.165) is 41.4 Å². The number of aromatic nitrogens is 2. The molecule has 1 aliphatic heterocycles. The number of carbonyl (C=O) groups excluding carboxylic acids is 1. The maximum Gasteiger partial charge on any atom is 0.272 e. The van der Waals surface area contributed by atoms with E-state index in [9.17, 15) is 4.79 Å². The van der Waals surface area contributed by atoms with E-state index >= 15 is 0 Å². The normalized spacial score (nSPS) is 14.6. The number of pyridine rings is 1. The van der Waals surface area contributed by atoms with E-state index in [4.69, 9.17) is 4.74 Å². The largest absolute Gasteiger partial charge is 0.497 e. The van der Waals surface area contributed by atoms with Gasteiger partial charge in [0.2, 0.25) is 0 Å². The molecule has 3 aromatic rings. The average molecular weight is 364 g/mol. The first-order valence-corrected chi connectivity index (χ1v) is 9.20. The van der Waals surface area contributed by atoms with Gasteiger partial charge in [0.25, 0.3) is 5.91 Å². The molecule has 27 heavy (non-hydrogen) atoms. The summed E-state index contributed by atoms with van der Waals surface area (Å²) in [5.41, 5.74) is 4.54. The van der Waals surface area contributed by atoms with Crippen molar-refractivity contribution < 1.29 is 9.53 Å². The Morgan fingerprint density at radius 1 is 1.00 bits per heavy atom. The van der Waals surface area contributed by atoms with Gasteiger partial charge in [0, 0.05) is 38.1 Å². The molecule has 0 saturated carbocycles. The molecule has 1 amide bonds. The smallest absolute Gasteiger partial charge is 0.272 e. The number of carbonyl (C=O) groups is 1. The summed E-state index contributed by atoms with van der Waals surface area (Å²) in [5, 5.41) is 0. The van der Waals surface area contributed by atoms with Crippen LogP contribution in [0.2, 0.25) is 0 Å². The van der Waals surface area contributed by atoms with Crippen LogP contribution in [-0.2, 0) is 0 Å². The number of amides is 1. The number of ether oxygens (including phenoxy) is 1. The lowest BCUT2D eigenvalue weighted by molar-refractivity contribution is 0.0739. The van der Waals surface area contributed by atoms with Crippen LogP contribution < -0.4 is 9.64 Å². The predicted octanol–water partition coefficient (Wildman–Crippen LogP) is 2.92. The maximum absolute atomic E-state index is 13.2. The van der Waals surface area contributed by atoms with Gasteiger partial charge in [0.15, 0.2) is 0 Å². The standard InChI is InChI=1S/C21H24N4O2/c1-15-4-9-19-22-16(2)20(25(19)14-15)21(26)24-12-10-23(11-13-24)17-5-7-18(27-3)8-6-17/h4-9,14H,10-13H2,1-3H3.